The molecular weight excluding hydrogens is 1710 g/mol. The zero-order chi connectivity index (χ0) is 98.1. The molecule has 20 aromatic rings. The van der Waals surface area contributed by atoms with Crippen LogP contribution in [0.1, 0.15) is 206 Å². The molecule has 0 amide bonds. The summed E-state index contributed by atoms with van der Waals surface area (Å²) in [6.07, 6.45) is 0. The largest absolute Gasteiger partial charge is 0.0718 e. The van der Waals surface area contributed by atoms with Crippen molar-refractivity contribution in [3.05, 3.63) is 639 Å². The van der Waals surface area contributed by atoms with E-state index in [4.69, 9.17) is 0 Å². The van der Waals surface area contributed by atoms with Crippen molar-refractivity contribution in [3.63, 3.8) is 0 Å². The van der Waals surface area contributed by atoms with Gasteiger partial charge in [0.05, 0.1) is 21.7 Å². The van der Waals surface area contributed by atoms with Gasteiger partial charge in [-0.3, -0.25) is 0 Å². The quantitative estimate of drug-likeness (QED) is 0.142. The van der Waals surface area contributed by atoms with Crippen LogP contribution in [0.5, 0.6) is 0 Å². The number of aryl methyl sites for hydroxylation is 12. The Morgan fingerprint density at radius 1 is 0.127 bits per heavy atom. The van der Waals surface area contributed by atoms with Gasteiger partial charge in [-0.2, -0.15) is 0 Å². The third-order valence-electron chi connectivity index (χ3n) is 32.1. The van der Waals surface area contributed by atoms with Crippen LogP contribution < -0.4 is 0 Å². The topological polar surface area (TPSA) is 0 Å². The van der Waals surface area contributed by atoms with Crippen LogP contribution in [0.15, 0.2) is 461 Å². The normalized spacial score (nSPS) is 14.3. The zero-order valence-electron chi connectivity index (χ0n) is 84.9. The first kappa shape index (κ1) is 92.7. The molecule has 6 aliphatic rings. The first-order chi connectivity index (χ1) is 69.0. The average molecular weight is 1830 g/mol. The molecule has 20 aromatic carbocycles. The lowest BCUT2D eigenvalue weighted by Crippen LogP contribution is -2.30. The van der Waals surface area contributed by atoms with Gasteiger partial charge in [0.15, 0.2) is 0 Å². The second-order valence-corrected chi connectivity index (χ2v) is 41.3. The smallest absolute Gasteiger partial charge is 0.0622 e. The van der Waals surface area contributed by atoms with E-state index in [1.54, 1.807) is 0 Å². The Labute approximate surface area is 843 Å². The molecule has 0 N–H and O–H groups in total. The van der Waals surface area contributed by atoms with Gasteiger partial charge in [0.1, 0.15) is 0 Å². The number of fused-ring (bicyclic) bond motifs is 18. The molecule has 0 saturated carbocycles. The maximum absolute atomic E-state index is 2.38. The van der Waals surface area contributed by atoms with Crippen LogP contribution in [0.3, 0.4) is 0 Å². The van der Waals surface area contributed by atoms with Crippen molar-refractivity contribution < 1.29 is 0 Å². The van der Waals surface area contributed by atoms with E-state index in [2.05, 4.69) is 572 Å². The van der Waals surface area contributed by atoms with Crippen LogP contribution in [0, 0.1) is 83.1 Å². The molecule has 0 aromatic heterocycles. The molecule has 0 aliphatic heterocycles. The number of rotatable bonds is 8. The minimum Gasteiger partial charge on any atom is -0.0622 e. The molecule has 0 radical (unpaired) electrons. The summed E-state index contributed by atoms with van der Waals surface area (Å²) >= 11 is 0. The molecular formula is C142H124. The lowest BCUT2D eigenvalue weighted by atomic mass is 9.66. The summed E-state index contributed by atoms with van der Waals surface area (Å²) in [5.74, 6) is 0. The Morgan fingerprint density at radius 2 is 0.331 bits per heavy atom. The molecule has 6 aliphatic carbocycles. The average Bonchev–Trinajstić information content (AvgIpc) is 1.54. The van der Waals surface area contributed by atoms with Gasteiger partial charge in [-0.15, -0.1) is 0 Å². The standard InChI is InChI=1S/4C27H22.2C17H18/c1-19-11-10-18-24-25(19)23-17-9-12-20(2)26(23)27(24,21-13-5-3-6-14-21)22-15-7-4-8-16-22;1-19-11-9-17-23-25(19)26-20(2)12-10-18-24(26)27(23,21-13-5-3-6-14-21)22-15-7-4-8-16-22;1-19-11-9-17-23-24-18-10-12-20(2)26(24)27(25(19)23,21-13-5-3-6-14-21)22-15-7-4-8-16-22;1-19-16-17-23-24-15-9-10-20(2)26(24)27(25(23)18-19,21-11-5-3-6-12-21)22-13-7-4-8-14-22;1-11-7-6-10-14-15(11)13-9-5-8-12(2)16(13)17(14,3)4;1-11-8-9-13-14-7-5-6-12(2)16(14)17(3,4)15(13)10-11/h4*3-18H,1-2H3;2*5-10H,1-4H3. The summed E-state index contributed by atoms with van der Waals surface area (Å²) in [4.78, 5) is 0. The van der Waals surface area contributed by atoms with Gasteiger partial charge < -0.3 is 0 Å². The Balaban J connectivity index is 0.000000102. The minimum absolute atomic E-state index is 0.141. The number of hydrogen-bond acceptors (Lipinski definition) is 0. The summed E-state index contributed by atoms with van der Waals surface area (Å²) in [6.45, 7) is 36.1. The summed E-state index contributed by atoms with van der Waals surface area (Å²) in [6, 6.07) is 169. The highest BCUT2D eigenvalue weighted by Gasteiger charge is 2.53. The molecule has 0 unspecified atom stereocenters. The number of hydrogen-bond donors (Lipinski definition) is 0. The summed E-state index contributed by atoms with van der Waals surface area (Å²) in [5.41, 5.74) is 60.0. The predicted octanol–water partition coefficient (Wildman–Crippen LogP) is 35.9. The SMILES string of the molecule is Cc1ccc2c(c1)C(C)(C)c1c(C)cccc1-2.Cc1ccc2c(c1)C(c1ccccc1)(c1ccccc1)c1c(C)cccc1-2.Cc1cccc2c1-c1c(C)cccc1C2(c1ccccc1)c1ccccc1.Cc1cccc2c1-c1cccc(C)c1C2(C)C.Cc1cccc2c1-c1cccc(C)c1C2(c1ccccc1)c1ccccc1.Cc1cccc2c1C(c1ccccc1)(c1ccccc1)c1c(C)cccc1-2. The molecule has 692 valence electrons. The van der Waals surface area contributed by atoms with Crippen LogP contribution in [0.2, 0.25) is 0 Å². The van der Waals surface area contributed by atoms with E-state index in [1.807, 2.05) is 0 Å². The summed E-state index contributed by atoms with van der Waals surface area (Å²) in [5, 5.41) is 0. The van der Waals surface area contributed by atoms with Crippen molar-refractivity contribution in [1.29, 1.82) is 0 Å². The van der Waals surface area contributed by atoms with Crippen LogP contribution >= 0.6 is 0 Å². The molecule has 0 heterocycles. The van der Waals surface area contributed by atoms with Gasteiger partial charge >= 0.3 is 0 Å². The van der Waals surface area contributed by atoms with Gasteiger partial charge in [0.2, 0.25) is 0 Å². The fourth-order valence-electron chi connectivity index (χ4n) is 26.5. The van der Waals surface area contributed by atoms with Crippen LogP contribution in [-0.4, -0.2) is 0 Å². The third kappa shape index (κ3) is 14.7. The second-order valence-electron chi connectivity index (χ2n) is 41.3. The molecule has 0 heteroatoms. The first-order valence-electron chi connectivity index (χ1n) is 50.7. The molecule has 0 bridgehead atoms. The molecule has 0 nitrogen and oxygen atoms in total. The third-order valence-corrected chi connectivity index (χ3v) is 32.1. The highest BCUT2D eigenvalue weighted by molar-refractivity contribution is 5.94. The van der Waals surface area contributed by atoms with Gasteiger partial charge in [-0.1, -0.05) is 500 Å². The summed E-state index contributed by atoms with van der Waals surface area (Å²) in [7, 11) is 0. The van der Waals surface area contributed by atoms with Crippen molar-refractivity contribution in [1.82, 2.24) is 0 Å². The van der Waals surface area contributed by atoms with E-state index in [0.29, 0.717) is 0 Å². The van der Waals surface area contributed by atoms with Crippen molar-refractivity contribution in [2.45, 2.75) is 143 Å². The molecule has 142 heavy (non-hydrogen) atoms. The van der Waals surface area contributed by atoms with Gasteiger partial charge in [0, 0.05) is 10.8 Å². The van der Waals surface area contributed by atoms with E-state index in [1.165, 1.54) is 245 Å². The molecule has 0 fully saturated rings. The lowest BCUT2D eigenvalue weighted by Gasteiger charge is -2.35. The monoisotopic (exact) mass is 1830 g/mol. The minimum atomic E-state index is -0.274. The van der Waals surface area contributed by atoms with Crippen molar-refractivity contribution >= 4 is 0 Å². The van der Waals surface area contributed by atoms with E-state index in [0.717, 1.165) is 0 Å². The van der Waals surface area contributed by atoms with Crippen molar-refractivity contribution in [2.75, 3.05) is 0 Å². The maximum atomic E-state index is 2.38. The van der Waals surface area contributed by atoms with Gasteiger partial charge in [-0.05, 0) is 317 Å². The Kier molecular flexibility index (Phi) is 24.3. The van der Waals surface area contributed by atoms with E-state index in [9.17, 15) is 0 Å². The van der Waals surface area contributed by atoms with Crippen molar-refractivity contribution in [3.8, 4) is 66.8 Å². The highest BCUT2D eigenvalue weighted by Crippen LogP contribution is 2.64. The molecule has 26 rings (SSSR count). The summed E-state index contributed by atoms with van der Waals surface area (Å²) < 4.78 is 0. The Bertz CT molecular complexity index is 7800. The second kappa shape index (κ2) is 37.2. The van der Waals surface area contributed by atoms with Crippen LogP contribution in [0.4, 0.5) is 0 Å². The van der Waals surface area contributed by atoms with E-state index >= 15 is 0 Å². The van der Waals surface area contributed by atoms with Crippen molar-refractivity contribution in [2.24, 2.45) is 0 Å². The maximum Gasteiger partial charge on any atom is 0.0718 e. The fraction of sp³-hybridized carbons (Fsp3) is 0.155. The molecule has 0 saturated heterocycles. The predicted molar refractivity (Wildman–Crippen MR) is 600 cm³/mol. The highest BCUT2D eigenvalue weighted by atomic mass is 14.5. The molecule has 0 atom stereocenters. The van der Waals surface area contributed by atoms with Gasteiger partial charge in [-0.25, -0.2) is 0 Å². The van der Waals surface area contributed by atoms with Crippen LogP contribution in [0.25, 0.3) is 66.8 Å². The Hall–Kier alpha value is -15.6. The Morgan fingerprint density at radius 3 is 0.676 bits per heavy atom. The lowest BCUT2D eigenvalue weighted by molar-refractivity contribution is 0.655. The molecule has 0 spiro atoms. The fourth-order valence-corrected chi connectivity index (χ4v) is 26.5. The van der Waals surface area contributed by atoms with Crippen LogP contribution in [-0.2, 0) is 32.5 Å². The first-order valence-corrected chi connectivity index (χ1v) is 50.7. The van der Waals surface area contributed by atoms with E-state index in [-0.39, 0.29) is 32.5 Å². The number of benzene rings is 20. The van der Waals surface area contributed by atoms with E-state index < -0.39 is 0 Å². The zero-order valence-corrected chi connectivity index (χ0v) is 84.9. The van der Waals surface area contributed by atoms with Gasteiger partial charge in [0.25, 0.3) is 0 Å².